The van der Waals surface area contributed by atoms with Crippen molar-refractivity contribution in [3.63, 3.8) is 0 Å². The van der Waals surface area contributed by atoms with Crippen LogP contribution in [0.25, 0.3) is 0 Å². The van der Waals surface area contributed by atoms with E-state index in [4.69, 9.17) is 9.47 Å². The topological polar surface area (TPSA) is 52.6 Å². The molecule has 0 aliphatic carbocycles. The fourth-order valence-corrected chi connectivity index (χ4v) is 4.52. The average Bonchev–Trinajstić information content (AvgIpc) is 2.79. The average molecular weight is 578 g/mol. The molecule has 0 fully saturated rings. The van der Waals surface area contributed by atoms with Gasteiger partial charge in [-0.05, 0) is 23.5 Å². The fourth-order valence-electron chi connectivity index (χ4n) is 2.78. The Labute approximate surface area is 239 Å². The van der Waals surface area contributed by atoms with Crippen molar-refractivity contribution in [3.8, 4) is 0 Å². The molecule has 0 N–H and O–H groups in total. The first-order valence-electron chi connectivity index (χ1n) is 11.1. The van der Waals surface area contributed by atoms with Gasteiger partial charge in [0.2, 0.25) is 0 Å². The summed E-state index contributed by atoms with van der Waals surface area (Å²) in [6.07, 6.45) is 1.42. The van der Waals surface area contributed by atoms with Gasteiger partial charge in [-0.1, -0.05) is 66.6 Å². The van der Waals surface area contributed by atoms with Crippen molar-refractivity contribution in [2.24, 2.45) is 5.92 Å². The van der Waals surface area contributed by atoms with Gasteiger partial charge in [-0.25, -0.2) is 0 Å². The number of carbonyl (C=O) groups is 2. The number of Topliss-reactive ketones (excluding diaryl/α,β-unsaturated/α-hetero) is 1. The number of methoxy groups -OCH3 is 1. The summed E-state index contributed by atoms with van der Waals surface area (Å²) in [5.74, 6) is 2.15. The maximum absolute atomic E-state index is 11.5. The summed E-state index contributed by atoms with van der Waals surface area (Å²) in [5.41, 5.74) is 3.35. The van der Waals surface area contributed by atoms with E-state index in [-0.39, 0.29) is 50.4 Å². The molecule has 0 aromatic heterocycles. The maximum Gasteiger partial charge on any atom is 0.308 e. The van der Waals surface area contributed by atoms with E-state index in [2.05, 4.69) is 39.0 Å². The summed E-state index contributed by atoms with van der Waals surface area (Å²) in [6.45, 7) is 11.0. The number of benzene rings is 2. The molecule has 2 aromatic carbocycles. The largest absolute Gasteiger partial charge is 0.465 e. The van der Waals surface area contributed by atoms with Crippen LogP contribution in [0.3, 0.4) is 0 Å². The van der Waals surface area contributed by atoms with Gasteiger partial charge in [0.05, 0.1) is 6.61 Å². The van der Waals surface area contributed by atoms with Gasteiger partial charge in [-0.2, -0.15) is 30.3 Å². The number of ketones is 1. The minimum absolute atomic E-state index is 0. The molecule has 0 saturated carbocycles. The summed E-state index contributed by atoms with van der Waals surface area (Å²) in [4.78, 5) is 22.6. The third-order valence-electron chi connectivity index (χ3n) is 4.63. The first-order chi connectivity index (χ1) is 15.8. The van der Waals surface area contributed by atoms with E-state index in [0.29, 0.717) is 18.9 Å². The van der Waals surface area contributed by atoms with Crippen LogP contribution in [0.4, 0.5) is 0 Å². The normalized spacial score (nSPS) is 11.1. The van der Waals surface area contributed by atoms with Crippen LogP contribution < -0.4 is 0 Å². The van der Waals surface area contributed by atoms with Crippen molar-refractivity contribution < 1.29 is 51.8 Å². The van der Waals surface area contributed by atoms with Crippen LogP contribution in [0.5, 0.6) is 0 Å². The molecule has 0 saturated heterocycles. The molecule has 4 nitrogen and oxygen atoms in total. The summed E-state index contributed by atoms with van der Waals surface area (Å²) in [5, 5.41) is 0. The molecule has 1 unspecified atom stereocenters. The van der Waals surface area contributed by atoms with Crippen LogP contribution in [0.2, 0.25) is 0 Å². The Hall–Kier alpha value is -0.786. The Balaban J connectivity index is 0.000000632. The zero-order valence-electron chi connectivity index (χ0n) is 20.8. The van der Waals surface area contributed by atoms with Crippen LogP contribution in [0, 0.1) is 18.9 Å². The van der Waals surface area contributed by atoms with Crippen LogP contribution in [0.15, 0.2) is 48.5 Å². The Kier molecular flexibility index (Phi) is 19.9. The van der Waals surface area contributed by atoms with E-state index in [1.807, 2.05) is 31.2 Å². The second-order valence-electron chi connectivity index (χ2n) is 7.97. The van der Waals surface area contributed by atoms with Gasteiger partial charge in [0.15, 0.2) is 0 Å². The van der Waals surface area contributed by atoms with Gasteiger partial charge in [-0.15, -0.1) is 5.56 Å². The molecular weight excluding hydrogens is 541 g/mol. The van der Waals surface area contributed by atoms with E-state index in [9.17, 15) is 9.59 Å². The minimum atomic E-state index is -0.177. The second-order valence-corrected chi connectivity index (χ2v) is 10.7. The molecule has 0 spiro atoms. The van der Waals surface area contributed by atoms with Crippen molar-refractivity contribution in [3.05, 3.63) is 78.2 Å². The molecule has 34 heavy (non-hydrogen) atoms. The number of rotatable bonds is 13. The van der Waals surface area contributed by atoms with Gasteiger partial charge in [0.25, 0.3) is 0 Å². The Morgan fingerprint density at radius 3 is 2.06 bits per heavy atom. The van der Waals surface area contributed by atoms with Crippen LogP contribution >= 0.6 is 21.6 Å². The van der Waals surface area contributed by atoms with E-state index in [1.54, 1.807) is 40.8 Å². The van der Waals surface area contributed by atoms with Gasteiger partial charge in [0.1, 0.15) is 6.61 Å². The number of hydrogen-bond donors (Lipinski definition) is 0. The smallest absolute Gasteiger partial charge is 0.308 e. The van der Waals surface area contributed by atoms with Crippen LogP contribution in [-0.4, -0.2) is 43.6 Å². The molecule has 2 aromatic rings. The summed E-state index contributed by atoms with van der Waals surface area (Å²) < 4.78 is 10.1. The van der Waals surface area contributed by atoms with Crippen molar-refractivity contribution in [1.29, 1.82) is 0 Å². The van der Waals surface area contributed by atoms with Gasteiger partial charge < -0.3 is 21.2 Å². The molecule has 0 heterocycles. The van der Waals surface area contributed by atoms with Crippen molar-refractivity contribution in [2.45, 2.75) is 39.5 Å². The molecular formula is C27H36O4S2Y-2. The zero-order valence-corrected chi connectivity index (χ0v) is 25.2. The monoisotopic (exact) mass is 577 g/mol. The number of hydrogen-bond acceptors (Lipinski definition) is 6. The second kappa shape index (κ2) is 20.4. The fraction of sp³-hybridized carbons (Fsp3) is 0.444. The molecule has 0 bridgehead atoms. The Morgan fingerprint density at radius 1 is 0.941 bits per heavy atom. The predicted molar refractivity (Wildman–Crippen MR) is 140 cm³/mol. The standard InChI is InChI=1S/C14H19O.C13H17O3S2.Y/c1-10(2)9-13-5-7-14(8-6-13)11(3)12(4)15;1-15-7-9-17-18-10-8-16-13(14)11-12-5-3-2-4-6-12;/h5-8,10-11H,4,9H2,1-3H3;3-6H,7-11H2,1H3;/q2*-1;. The predicted octanol–water partition coefficient (Wildman–Crippen LogP) is 5.99. The van der Waals surface area contributed by atoms with E-state index < -0.39 is 0 Å². The third kappa shape index (κ3) is 16.0. The van der Waals surface area contributed by atoms with Crippen LogP contribution in [-0.2, 0) is 64.6 Å². The quantitative estimate of drug-likeness (QED) is 0.126. The SMILES string of the molecule is COCCSSCCOC(=O)Cc1cc[c-]cc1.[CH2-]C(=O)C(C)c1ccc(CC(C)C)cc1.[Y]. The minimum Gasteiger partial charge on any atom is -0.465 e. The Morgan fingerprint density at radius 2 is 1.53 bits per heavy atom. The first-order valence-corrected chi connectivity index (χ1v) is 13.6. The summed E-state index contributed by atoms with van der Waals surface area (Å²) in [7, 11) is 5.11. The molecule has 0 amide bonds. The maximum atomic E-state index is 11.5. The molecule has 7 heteroatoms. The van der Waals surface area contributed by atoms with Gasteiger partial charge in [0, 0.05) is 69.4 Å². The molecule has 1 radical (unpaired) electrons. The van der Waals surface area contributed by atoms with E-state index >= 15 is 0 Å². The van der Waals surface area contributed by atoms with Crippen LogP contribution in [0.1, 0.15) is 43.4 Å². The van der Waals surface area contributed by atoms with Gasteiger partial charge in [-0.3, -0.25) is 4.79 Å². The zero-order chi connectivity index (χ0) is 24.5. The molecule has 185 valence electrons. The van der Waals surface area contributed by atoms with Crippen molar-refractivity contribution in [2.75, 3.05) is 31.8 Å². The van der Waals surface area contributed by atoms with E-state index in [1.165, 1.54) is 5.56 Å². The molecule has 0 aliphatic rings. The Bertz CT molecular complexity index is 798. The van der Waals surface area contributed by atoms with Crippen molar-refractivity contribution >= 4 is 33.3 Å². The van der Waals surface area contributed by atoms with E-state index in [0.717, 1.165) is 35.7 Å². The molecule has 2 rings (SSSR count). The molecule has 0 aliphatic heterocycles. The number of carbonyl (C=O) groups excluding carboxylic acids is 2. The molecule has 1 atom stereocenters. The van der Waals surface area contributed by atoms with Crippen molar-refractivity contribution in [1.82, 2.24) is 0 Å². The van der Waals surface area contributed by atoms with Gasteiger partial charge >= 0.3 is 5.97 Å². The number of esters is 1. The first kappa shape index (κ1) is 33.2. The summed E-state index contributed by atoms with van der Waals surface area (Å²) >= 11 is 0. The summed E-state index contributed by atoms with van der Waals surface area (Å²) in [6, 6.07) is 18.5. The number of ether oxygens (including phenoxy) is 2. The third-order valence-corrected chi connectivity index (χ3v) is 6.96.